The molecule has 0 aliphatic carbocycles. The van der Waals surface area contributed by atoms with Gasteiger partial charge in [0, 0.05) is 12.2 Å². The van der Waals surface area contributed by atoms with Crippen LogP contribution in [0.4, 0.5) is 10.5 Å². The fourth-order valence-electron chi connectivity index (χ4n) is 2.47. The molecule has 8 nitrogen and oxygen atoms in total. The fourth-order valence-corrected chi connectivity index (χ4v) is 2.76. The summed E-state index contributed by atoms with van der Waals surface area (Å²) in [6.07, 6.45) is -0.732. The fraction of sp³-hybridized carbons (Fsp3) is 0.250. The van der Waals surface area contributed by atoms with Gasteiger partial charge < -0.3 is 26.2 Å². The average molecular weight is 454 g/mol. The molecule has 0 saturated carbocycles. The third kappa shape index (κ3) is 6.62. The van der Waals surface area contributed by atoms with Gasteiger partial charge in [0.25, 0.3) is 5.91 Å². The Bertz CT molecular complexity index is 911. The zero-order valence-electron chi connectivity index (χ0n) is 15.9. The van der Waals surface area contributed by atoms with Gasteiger partial charge in [0.2, 0.25) is 0 Å². The van der Waals surface area contributed by atoms with Crippen LogP contribution in [0.25, 0.3) is 0 Å². The van der Waals surface area contributed by atoms with Gasteiger partial charge in [-0.05, 0) is 36.6 Å². The molecule has 0 aliphatic heterocycles. The zero-order valence-corrected chi connectivity index (χ0v) is 17.4. The van der Waals surface area contributed by atoms with Crippen molar-refractivity contribution in [1.29, 1.82) is 0 Å². The minimum absolute atomic E-state index is 0.0832. The number of amides is 2. The van der Waals surface area contributed by atoms with Gasteiger partial charge in [-0.1, -0.05) is 53.5 Å². The van der Waals surface area contributed by atoms with Gasteiger partial charge >= 0.3 is 12.1 Å². The maximum absolute atomic E-state index is 12.5. The molecule has 0 saturated heterocycles. The Morgan fingerprint density at radius 2 is 1.77 bits per heavy atom. The summed E-state index contributed by atoms with van der Waals surface area (Å²) >= 11 is 11.7. The lowest BCUT2D eigenvalue weighted by molar-refractivity contribution is -0.147. The Hall–Kier alpha value is -2.81. The number of alkyl carbamates (subject to hydrolysis) is 1. The molecule has 10 heteroatoms. The van der Waals surface area contributed by atoms with Crippen LogP contribution in [-0.2, 0) is 20.9 Å². The molecule has 0 aliphatic rings. The third-order valence-electron chi connectivity index (χ3n) is 4.19. The number of hydrogen-bond donors (Lipinski definition) is 4. The van der Waals surface area contributed by atoms with E-state index in [0.29, 0.717) is 0 Å². The highest BCUT2D eigenvalue weighted by Gasteiger charge is 2.41. The Morgan fingerprint density at radius 3 is 2.40 bits per heavy atom. The molecule has 2 amide bonds. The van der Waals surface area contributed by atoms with E-state index in [0.717, 1.165) is 5.56 Å². The lowest BCUT2D eigenvalue weighted by Crippen LogP contribution is -2.57. The molecular formula is C20H21Cl2N3O5. The smallest absolute Gasteiger partial charge is 0.407 e. The minimum atomic E-state index is -2.19. The maximum Gasteiger partial charge on any atom is 0.407 e. The van der Waals surface area contributed by atoms with Gasteiger partial charge in [0.1, 0.15) is 6.61 Å². The molecule has 0 heterocycles. The lowest BCUT2D eigenvalue weighted by atomic mass is 9.93. The van der Waals surface area contributed by atoms with E-state index in [1.807, 2.05) is 30.3 Å². The number of nitrogens with one attached hydrogen (secondary N) is 2. The first-order chi connectivity index (χ1) is 14.2. The van der Waals surface area contributed by atoms with Crippen LogP contribution in [0.3, 0.4) is 0 Å². The van der Waals surface area contributed by atoms with Crippen molar-refractivity contribution < 1.29 is 24.2 Å². The first-order valence-corrected chi connectivity index (χ1v) is 9.71. The molecule has 30 heavy (non-hydrogen) atoms. The second kappa shape index (κ2) is 10.8. The summed E-state index contributed by atoms with van der Waals surface area (Å²) in [6.45, 7) is 0.189. The van der Waals surface area contributed by atoms with Crippen LogP contribution in [0.1, 0.15) is 18.4 Å². The van der Waals surface area contributed by atoms with E-state index in [1.54, 1.807) is 0 Å². The molecule has 2 aromatic carbocycles. The minimum Gasteiger partial charge on any atom is -0.479 e. The van der Waals surface area contributed by atoms with Crippen LogP contribution in [0, 0.1) is 0 Å². The number of nitrogens with two attached hydrogens (primary N) is 1. The number of halogens is 2. The number of aliphatic carboxylic acids is 1. The number of carboxylic acid groups (broad SMARTS) is 1. The number of benzene rings is 2. The molecule has 0 spiro atoms. The third-order valence-corrected chi connectivity index (χ3v) is 4.93. The van der Waals surface area contributed by atoms with Gasteiger partial charge in [-0.15, -0.1) is 0 Å². The van der Waals surface area contributed by atoms with Crippen LogP contribution in [0.2, 0.25) is 10.0 Å². The van der Waals surface area contributed by atoms with Gasteiger partial charge in [0.05, 0.1) is 10.0 Å². The van der Waals surface area contributed by atoms with E-state index in [1.165, 1.54) is 18.2 Å². The second-order valence-electron chi connectivity index (χ2n) is 6.45. The Balaban J connectivity index is 1.83. The van der Waals surface area contributed by atoms with Crippen molar-refractivity contribution >= 4 is 46.9 Å². The predicted molar refractivity (Wildman–Crippen MR) is 114 cm³/mol. The highest BCUT2D eigenvalue weighted by atomic mass is 35.5. The number of carbonyl (C=O) groups is 3. The quantitative estimate of drug-likeness (QED) is 0.339. The number of rotatable bonds is 9. The standard InChI is InChI=1S/C20H21Cl2N3O5/c21-15-8-7-14(11-16(15)22)25-17(26)20(23,18(27)28)9-4-10-24-19(29)30-12-13-5-2-1-3-6-13/h1-3,5-8,11H,4,9-10,12,23H2,(H,24,29)(H,25,26)(H,27,28)/t20-/m1/s1. The van der Waals surface area contributed by atoms with Crippen molar-refractivity contribution in [3.8, 4) is 0 Å². The number of ether oxygens (including phenoxy) is 1. The second-order valence-corrected chi connectivity index (χ2v) is 7.27. The molecule has 1 atom stereocenters. The highest BCUT2D eigenvalue weighted by Crippen LogP contribution is 2.25. The van der Waals surface area contributed by atoms with Crippen molar-refractivity contribution in [2.75, 3.05) is 11.9 Å². The first kappa shape index (κ1) is 23.5. The van der Waals surface area contributed by atoms with Crippen molar-refractivity contribution in [2.24, 2.45) is 5.73 Å². The van der Waals surface area contributed by atoms with E-state index in [9.17, 15) is 19.5 Å². The van der Waals surface area contributed by atoms with Crippen LogP contribution < -0.4 is 16.4 Å². The van der Waals surface area contributed by atoms with E-state index in [-0.39, 0.29) is 41.7 Å². The summed E-state index contributed by atoms with van der Waals surface area (Å²) in [6, 6.07) is 13.4. The van der Waals surface area contributed by atoms with Crippen LogP contribution in [-0.4, -0.2) is 35.2 Å². The number of carboxylic acids is 1. The SMILES string of the molecule is N[C@@](CCCNC(=O)OCc1ccccc1)(C(=O)O)C(=O)Nc1ccc(Cl)c(Cl)c1. The topological polar surface area (TPSA) is 131 Å². The van der Waals surface area contributed by atoms with Crippen LogP contribution in [0.5, 0.6) is 0 Å². The van der Waals surface area contributed by atoms with E-state index < -0.39 is 23.5 Å². The van der Waals surface area contributed by atoms with E-state index in [2.05, 4.69) is 10.6 Å². The summed E-state index contributed by atoms with van der Waals surface area (Å²) in [4.78, 5) is 35.8. The Kier molecular flexibility index (Phi) is 8.46. The molecule has 5 N–H and O–H groups in total. The molecule has 2 aromatic rings. The zero-order chi connectivity index (χ0) is 22.1. The summed E-state index contributed by atoms with van der Waals surface area (Å²) in [5, 5.41) is 14.9. The van der Waals surface area contributed by atoms with Crippen molar-refractivity contribution in [1.82, 2.24) is 5.32 Å². The number of carbonyl (C=O) groups excluding carboxylic acids is 2. The summed E-state index contributed by atoms with van der Waals surface area (Å²) in [7, 11) is 0. The molecular weight excluding hydrogens is 433 g/mol. The van der Waals surface area contributed by atoms with Gasteiger partial charge in [-0.25, -0.2) is 9.59 Å². The Labute approximate surface area is 183 Å². The molecule has 2 rings (SSSR count). The Morgan fingerprint density at radius 1 is 1.07 bits per heavy atom. The van der Waals surface area contributed by atoms with Gasteiger partial charge in [-0.2, -0.15) is 0 Å². The van der Waals surface area contributed by atoms with Crippen LogP contribution in [0.15, 0.2) is 48.5 Å². The lowest BCUT2D eigenvalue weighted by Gasteiger charge is -2.23. The normalized spacial score (nSPS) is 12.5. The predicted octanol–water partition coefficient (Wildman–Crippen LogP) is 3.42. The monoisotopic (exact) mass is 453 g/mol. The molecule has 0 radical (unpaired) electrons. The van der Waals surface area contributed by atoms with E-state index in [4.69, 9.17) is 33.7 Å². The van der Waals surface area contributed by atoms with Gasteiger partial charge in [0.15, 0.2) is 5.54 Å². The highest BCUT2D eigenvalue weighted by molar-refractivity contribution is 6.42. The van der Waals surface area contributed by atoms with Crippen molar-refractivity contribution in [3.63, 3.8) is 0 Å². The molecule has 0 unspecified atom stereocenters. The molecule has 160 valence electrons. The molecule has 0 bridgehead atoms. The maximum atomic E-state index is 12.5. The van der Waals surface area contributed by atoms with Crippen molar-refractivity contribution in [3.05, 3.63) is 64.1 Å². The number of anilines is 1. The summed E-state index contributed by atoms with van der Waals surface area (Å²) < 4.78 is 5.05. The number of hydrogen-bond acceptors (Lipinski definition) is 5. The average Bonchev–Trinajstić information content (AvgIpc) is 2.72. The van der Waals surface area contributed by atoms with Crippen LogP contribution >= 0.6 is 23.2 Å². The van der Waals surface area contributed by atoms with E-state index >= 15 is 0 Å². The summed E-state index contributed by atoms with van der Waals surface area (Å²) in [5.41, 5.74) is 4.73. The molecule has 0 fully saturated rings. The van der Waals surface area contributed by atoms with Crippen molar-refractivity contribution in [2.45, 2.75) is 25.0 Å². The largest absolute Gasteiger partial charge is 0.479 e. The summed E-state index contributed by atoms with van der Waals surface area (Å²) in [5.74, 6) is -2.41. The molecule has 0 aromatic heterocycles. The van der Waals surface area contributed by atoms with Gasteiger partial charge in [-0.3, -0.25) is 4.79 Å². The first-order valence-electron chi connectivity index (χ1n) is 8.95.